The maximum atomic E-state index is 12.2. The number of carboxylic acid groups (broad SMARTS) is 1. The van der Waals surface area contributed by atoms with Crippen LogP contribution in [-0.4, -0.2) is 36.3 Å². The van der Waals surface area contributed by atoms with Crippen molar-refractivity contribution in [2.75, 3.05) is 18.5 Å². The highest BCUT2D eigenvalue weighted by molar-refractivity contribution is 6.05. The van der Waals surface area contributed by atoms with Gasteiger partial charge in [-0.3, -0.25) is 4.79 Å². The first-order chi connectivity index (χ1) is 11.1. The molecule has 1 saturated heterocycles. The predicted octanol–water partition coefficient (Wildman–Crippen LogP) is 2.42. The third-order valence-corrected chi connectivity index (χ3v) is 3.72. The van der Waals surface area contributed by atoms with E-state index >= 15 is 0 Å². The van der Waals surface area contributed by atoms with Crippen molar-refractivity contribution in [1.82, 2.24) is 0 Å². The van der Waals surface area contributed by atoms with Crippen LogP contribution in [0.15, 0.2) is 36.4 Å². The van der Waals surface area contributed by atoms with Crippen LogP contribution in [-0.2, 0) is 14.3 Å². The van der Waals surface area contributed by atoms with Crippen LogP contribution in [0.2, 0.25) is 0 Å². The standard InChI is InChI=1S/C17H17NO5/c19-16(20)10-23-14-8-7-13(11-4-1-2-5-12(11)14)18-17(21)15-6-3-9-22-15/h1-2,4-5,7-8,15H,3,6,9-10H2,(H,18,21)(H,19,20). The molecule has 1 amide bonds. The Morgan fingerprint density at radius 1 is 1.22 bits per heavy atom. The van der Waals surface area contributed by atoms with Crippen LogP contribution in [0.3, 0.4) is 0 Å². The van der Waals surface area contributed by atoms with Crippen LogP contribution >= 0.6 is 0 Å². The molecule has 1 aliphatic rings. The SMILES string of the molecule is O=C(O)COc1ccc(NC(=O)C2CCCO2)c2ccccc12. The fraction of sp³-hybridized carbons (Fsp3) is 0.294. The highest BCUT2D eigenvalue weighted by Crippen LogP contribution is 2.32. The molecule has 0 aliphatic carbocycles. The van der Waals surface area contributed by atoms with Gasteiger partial charge in [0.15, 0.2) is 6.61 Å². The highest BCUT2D eigenvalue weighted by Gasteiger charge is 2.24. The number of hydrogen-bond donors (Lipinski definition) is 2. The zero-order valence-corrected chi connectivity index (χ0v) is 12.5. The number of carbonyl (C=O) groups excluding carboxylic acids is 1. The van der Waals surface area contributed by atoms with E-state index in [1.807, 2.05) is 24.3 Å². The molecule has 1 fully saturated rings. The number of amides is 1. The molecule has 6 nitrogen and oxygen atoms in total. The molecular formula is C17H17NO5. The van der Waals surface area contributed by atoms with Crippen molar-refractivity contribution in [2.45, 2.75) is 18.9 Å². The normalized spacial score (nSPS) is 17.1. The van der Waals surface area contributed by atoms with E-state index in [9.17, 15) is 9.59 Å². The van der Waals surface area contributed by atoms with Crippen molar-refractivity contribution in [3.63, 3.8) is 0 Å². The molecule has 23 heavy (non-hydrogen) atoms. The number of fused-ring (bicyclic) bond motifs is 1. The smallest absolute Gasteiger partial charge is 0.341 e. The summed E-state index contributed by atoms with van der Waals surface area (Å²) in [5.41, 5.74) is 0.656. The second-order valence-electron chi connectivity index (χ2n) is 5.33. The molecule has 0 aromatic heterocycles. The second-order valence-corrected chi connectivity index (χ2v) is 5.33. The zero-order chi connectivity index (χ0) is 16.2. The average molecular weight is 315 g/mol. The minimum Gasteiger partial charge on any atom is -0.481 e. The lowest BCUT2D eigenvalue weighted by molar-refractivity contribution is -0.139. The topological polar surface area (TPSA) is 84.9 Å². The molecular weight excluding hydrogens is 298 g/mol. The van der Waals surface area contributed by atoms with Gasteiger partial charge in [-0.25, -0.2) is 4.79 Å². The molecule has 1 heterocycles. The van der Waals surface area contributed by atoms with E-state index in [2.05, 4.69) is 5.32 Å². The Bertz CT molecular complexity index is 737. The van der Waals surface area contributed by atoms with Gasteiger partial charge in [0.2, 0.25) is 0 Å². The molecule has 0 radical (unpaired) electrons. The van der Waals surface area contributed by atoms with Crippen LogP contribution in [0.4, 0.5) is 5.69 Å². The maximum absolute atomic E-state index is 12.2. The number of rotatable bonds is 5. The summed E-state index contributed by atoms with van der Waals surface area (Å²) in [6.45, 7) is 0.201. The lowest BCUT2D eigenvalue weighted by atomic mass is 10.1. The van der Waals surface area contributed by atoms with Crippen LogP contribution in [0.25, 0.3) is 10.8 Å². The Hall–Kier alpha value is -2.60. The Balaban J connectivity index is 1.88. The molecule has 120 valence electrons. The Kier molecular flexibility index (Phi) is 4.43. The van der Waals surface area contributed by atoms with E-state index in [1.54, 1.807) is 12.1 Å². The van der Waals surface area contributed by atoms with Gasteiger partial charge < -0.3 is 19.9 Å². The number of benzene rings is 2. The van der Waals surface area contributed by atoms with Gasteiger partial charge in [-0.05, 0) is 25.0 Å². The minimum absolute atomic E-state index is 0.160. The molecule has 1 unspecified atom stereocenters. The fourth-order valence-electron chi connectivity index (χ4n) is 2.64. The van der Waals surface area contributed by atoms with Gasteiger partial charge in [0.05, 0.1) is 0 Å². The summed E-state index contributed by atoms with van der Waals surface area (Å²) in [6, 6.07) is 10.7. The van der Waals surface area contributed by atoms with E-state index in [-0.39, 0.29) is 5.91 Å². The van der Waals surface area contributed by atoms with E-state index in [4.69, 9.17) is 14.6 Å². The van der Waals surface area contributed by atoms with E-state index in [0.717, 1.165) is 23.6 Å². The number of carboxylic acids is 1. The summed E-state index contributed by atoms with van der Waals surface area (Å²) in [6.07, 6.45) is 1.21. The van der Waals surface area contributed by atoms with Crippen LogP contribution < -0.4 is 10.1 Å². The molecule has 0 bridgehead atoms. The molecule has 2 aromatic carbocycles. The van der Waals surface area contributed by atoms with Crippen molar-refractivity contribution in [1.29, 1.82) is 0 Å². The van der Waals surface area contributed by atoms with Crippen molar-refractivity contribution in [2.24, 2.45) is 0 Å². The first-order valence-electron chi connectivity index (χ1n) is 7.44. The number of ether oxygens (including phenoxy) is 2. The highest BCUT2D eigenvalue weighted by atomic mass is 16.5. The monoisotopic (exact) mass is 315 g/mol. The molecule has 2 N–H and O–H groups in total. The van der Waals surface area contributed by atoms with Gasteiger partial charge in [-0.15, -0.1) is 0 Å². The third kappa shape index (κ3) is 3.43. The molecule has 0 spiro atoms. The zero-order valence-electron chi connectivity index (χ0n) is 12.5. The number of aliphatic carboxylic acids is 1. The van der Waals surface area contributed by atoms with Crippen molar-refractivity contribution in [3.8, 4) is 5.75 Å². The van der Waals surface area contributed by atoms with Crippen LogP contribution in [0.5, 0.6) is 5.75 Å². The van der Waals surface area contributed by atoms with Crippen molar-refractivity contribution < 1.29 is 24.2 Å². The third-order valence-electron chi connectivity index (χ3n) is 3.72. The minimum atomic E-state index is -1.04. The molecule has 1 atom stereocenters. The van der Waals surface area contributed by atoms with Crippen molar-refractivity contribution >= 4 is 28.3 Å². The molecule has 1 aliphatic heterocycles. The largest absolute Gasteiger partial charge is 0.481 e. The summed E-state index contributed by atoms with van der Waals surface area (Å²) in [5, 5.41) is 13.2. The van der Waals surface area contributed by atoms with Crippen molar-refractivity contribution in [3.05, 3.63) is 36.4 Å². The Morgan fingerprint density at radius 3 is 2.70 bits per heavy atom. The van der Waals surface area contributed by atoms with Gasteiger partial charge in [0.1, 0.15) is 11.9 Å². The quantitative estimate of drug-likeness (QED) is 0.885. The molecule has 0 saturated carbocycles. The first kappa shape index (κ1) is 15.3. The number of carbonyl (C=O) groups is 2. The lowest BCUT2D eigenvalue weighted by Gasteiger charge is -2.14. The van der Waals surface area contributed by atoms with Crippen LogP contribution in [0.1, 0.15) is 12.8 Å². The summed E-state index contributed by atoms with van der Waals surface area (Å²) in [4.78, 5) is 22.9. The fourth-order valence-corrected chi connectivity index (χ4v) is 2.64. The Morgan fingerprint density at radius 2 is 2.00 bits per heavy atom. The second kappa shape index (κ2) is 6.66. The Labute approximate surface area is 133 Å². The summed E-state index contributed by atoms with van der Waals surface area (Å²) >= 11 is 0. The van der Waals surface area contributed by atoms with Gasteiger partial charge in [0, 0.05) is 23.1 Å². The molecule has 2 aromatic rings. The lowest BCUT2D eigenvalue weighted by Crippen LogP contribution is -2.26. The van der Waals surface area contributed by atoms with Gasteiger partial charge in [0.25, 0.3) is 5.91 Å². The van der Waals surface area contributed by atoms with E-state index in [1.165, 1.54) is 0 Å². The van der Waals surface area contributed by atoms with Crippen LogP contribution in [0, 0.1) is 0 Å². The predicted molar refractivity (Wildman–Crippen MR) is 84.7 cm³/mol. The summed E-state index contributed by atoms with van der Waals surface area (Å²) in [5.74, 6) is -0.727. The van der Waals surface area contributed by atoms with E-state index < -0.39 is 18.7 Å². The van der Waals surface area contributed by atoms with Gasteiger partial charge in [-0.1, -0.05) is 24.3 Å². The van der Waals surface area contributed by atoms with Gasteiger partial charge >= 0.3 is 5.97 Å². The number of anilines is 1. The van der Waals surface area contributed by atoms with E-state index in [0.29, 0.717) is 18.0 Å². The average Bonchev–Trinajstić information content (AvgIpc) is 3.08. The maximum Gasteiger partial charge on any atom is 0.341 e. The van der Waals surface area contributed by atoms with Gasteiger partial charge in [-0.2, -0.15) is 0 Å². The molecule has 6 heteroatoms. The molecule has 3 rings (SSSR count). The summed E-state index contributed by atoms with van der Waals surface area (Å²) < 4.78 is 10.7. The first-order valence-corrected chi connectivity index (χ1v) is 7.44. The number of nitrogens with one attached hydrogen (secondary N) is 1. The number of hydrogen-bond acceptors (Lipinski definition) is 4. The summed E-state index contributed by atoms with van der Waals surface area (Å²) in [7, 11) is 0.